The Morgan fingerprint density at radius 2 is 1.71 bits per heavy atom. The lowest BCUT2D eigenvalue weighted by atomic mass is 9.38. The third kappa shape index (κ3) is 4.53. The Morgan fingerprint density at radius 3 is 2.42 bits per heavy atom. The lowest BCUT2D eigenvalue weighted by molar-refractivity contribution is -0.146. The molecule has 8 radical (unpaired) electrons. The molecule has 2 unspecified atom stereocenters. The summed E-state index contributed by atoms with van der Waals surface area (Å²) in [6.45, 7) is 1.89. The Labute approximate surface area is 225 Å². The number of fused-ring (bicyclic) bond motifs is 1. The monoisotopic (exact) mass is 503 g/mol. The summed E-state index contributed by atoms with van der Waals surface area (Å²) in [5, 5.41) is -2.02. The first kappa shape index (κ1) is 26.2. The number of piperidine rings is 1. The maximum atomic E-state index is 13.3. The number of carbonyl (C=O) groups excluding carboxylic acids is 4. The fourth-order valence-electron chi connectivity index (χ4n) is 4.90. The smallest absolute Gasteiger partial charge is 0.255 e. The number of morpholine rings is 1. The zero-order valence-corrected chi connectivity index (χ0v) is 20.5. The van der Waals surface area contributed by atoms with E-state index in [2.05, 4.69) is 0 Å². The molecule has 2 saturated heterocycles. The molecule has 13 heteroatoms. The van der Waals surface area contributed by atoms with E-state index in [-0.39, 0.29) is 25.7 Å². The predicted octanol–water partition coefficient (Wildman–Crippen LogP) is -0.189. The van der Waals surface area contributed by atoms with Gasteiger partial charge in [-0.25, -0.2) is 0 Å². The molecule has 0 aromatic heterocycles. The zero-order valence-electron chi connectivity index (χ0n) is 20.5. The number of ether oxygens (including phenoxy) is 2. The topological polar surface area (TPSA) is 96.5 Å². The molecule has 4 amide bonds. The summed E-state index contributed by atoms with van der Waals surface area (Å²) in [6.07, 6.45) is 0. The molecule has 2 fully saturated rings. The zero-order chi connectivity index (χ0) is 27.2. The molecule has 0 N–H and O–H groups in total. The first-order valence-corrected chi connectivity index (χ1v) is 12.0. The quantitative estimate of drug-likeness (QED) is 0.401. The molecule has 3 aliphatic rings. The maximum absolute atomic E-state index is 13.3. The van der Waals surface area contributed by atoms with Gasteiger partial charge in [0.05, 0.1) is 36.7 Å². The Bertz CT molecular complexity index is 1300. The maximum Gasteiger partial charge on any atom is 0.255 e. The molecular formula is C25H21B4N3O6. The lowest BCUT2D eigenvalue weighted by Gasteiger charge is -2.49. The van der Waals surface area contributed by atoms with Crippen LogP contribution in [0.2, 0.25) is 11.0 Å². The van der Waals surface area contributed by atoms with Gasteiger partial charge in [0, 0.05) is 24.2 Å². The second-order valence-corrected chi connectivity index (χ2v) is 9.62. The van der Waals surface area contributed by atoms with Crippen molar-refractivity contribution in [3.63, 3.8) is 0 Å². The largest absolute Gasteiger partial charge is 0.489 e. The highest BCUT2D eigenvalue weighted by molar-refractivity contribution is 6.52. The van der Waals surface area contributed by atoms with Crippen molar-refractivity contribution in [1.82, 2.24) is 14.6 Å². The second-order valence-electron chi connectivity index (χ2n) is 9.62. The Balaban J connectivity index is 1.29. The van der Waals surface area contributed by atoms with Gasteiger partial charge < -0.3 is 24.1 Å². The van der Waals surface area contributed by atoms with Gasteiger partial charge in [0.15, 0.2) is 0 Å². The minimum atomic E-state index is -2.02. The van der Waals surface area contributed by atoms with Gasteiger partial charge in [0.25, 0.3) is 5.91 Å². The van der Waals surface area contributed by atoms with Gasteiger partial charge in [-0.2, -0.15) is 0 Å². The molecule has 0 saturated carbocycles. The first-order valence-electron chi connectivity index (χ1n) is 12.0. The molecule has 0 bridgehead atoms. The van der Waals surface area contributed by atoms with Crippen molar-refractivity contribution in [3.8, 4) is 5.75 Å². The summed E-state index contributed by atoms with van der Waals surface area (Å²) in [5.41, 5.74) is 2.75. The predicted molar refractivity (Wildman–Crippen MR) is 138 cm³/mol. The molecule has 9 nitrogen and oxygen atoms in total. The molecule has 2 atom stereocenters. The van der Waals surface area contributed by atoms with Crippen LogP contribution in [0.25, 0.3) is 0 Å². The van der Waals surface area contributed by atoms with Gasteiger partial charge in [-0.05, 0) is 29.1 Å². The molecule has 2 aromatic rings. The van der Waals surface area contributed by atoms with E-state index < -0.39 is 34.8 Å². The first-order chi connectivity index (χ1) is 18.1. The van der Waals surface area contributed by atoms with E-state index in [0.29, 0.717) is 41.4 Å². The normalized spacial score (nSPS) is 23.1. The number of amides is 4. The van der Waals surface area contributed by atoms with Crippen molar-refractivity contribution < 1.29 is 28.7 Å². The van der Waals surface area contributed by atoms with Crippen molar-refractivity contribution in [2.45, 2.75) is 36.8 Å². The summed E-state index contributed by atoms with van der Waals surface area (Å²) < 4.78 is 11.2. The minimum Gasteiger partial charge on any atom is -0.489 e. The average molecular weight is 503 g/mol. The number of carbonyl (C=O) groups is 4. The number of hydrogen-bond acceptors (Lipinski definition) is 6. The summed E-state index contributed by atoms with van der Waals surface area (Å²) in [4.78, 5) is 53.5. The van der Waals surface area contributed by atoms with Crippen molar-refractivity contribution in [2.24, 2.45) is 0 Å². The third-order valence-corrected chi connectivity index (χ3v) is 7.13. The molecular weight excluding hydrogens is 482 g/mol. The van der Waals surface area contributed by atoms with E-state index in [1.807, 2.05) is 24.3 Å². The highest BCUT2D eigenvalue weighted by Crippen LogP contribution is 2.46. The van der Waals surface area contributed by atoms with E-state index in [1.165, 1.54) is 4.90 Å². The van der Waals surface area contributed by atoms with Crippen LogP contribution < -0.4 is 4.74 Å². The fourth-order valence-corrected chi connectivity index (χ4v) is 4.90. The van der Waals surface area contributed by atoms with Crippen molar-refractivity contribution in [3.05, 3.63) is 64.7 Å². The van der Waals surface area contributed by atoms with E-state index in [4.69, 9.17) is 41.0 Å². The number of rotatable bonds is 6. The minimum absolute atomic E-state index is 0.0296. The van der Waals surface area contributed by atoms with Crippen molar-refractivity contribution in [1.29, 1.82) is 0 Å². The van der Waals surface area contributed by atoms with Crippen molar-refractivity contribution in [2.75, 3.05) is 19.8 Å². The molecule has 38 heavy (non-hydrogen) atoms. The molecule has 184 valence electrons. The van der Waals surface area contributed by atoms with Crippen LogP contribution in [0.3, 0.4) is 0 Å². The highest BCUT2D eigenvalue weighted by atomic mass is 16.5. The van der Waals surface area contributed by atoms with Crippen LogP contribution in [0.4, 0.5) is 0 Å². The number of imide groups is 1. The molecule has 2 aromatic carbocycles. The van der Waals surface area contributed by atoms with Gasteiger partial charge >= 0.3 is 0 Å². The molecule has 0 aliphatic carbocycles. The Kier molecular flexibility index (Phi) is 6.90. The lowest BCUT2D eigenvalue weighted by Crippen LogP contribution is -2.63. The second kappa shape index (κ2) is 10.0. The van der Waals surface area contributed by atoms with Crippen LogP contribution in [-0.2, 0) is 38.8 Å². The van der Waals surface area contributed by atoms with E-state index in [1.54, 1.807) is 23.1 Å². The van der Waals surface area contributed by atoms with E-state index in [9.17, 15) is 19.2 Å². The van der Waals surface area contributed by atoms with E-state index in [0.717, 1.165) is 11.1 Å². The van der Waals surface area contributed by atoms with Gasteiger partial charge in [0.2, 0.25) is 25.7 Å². The van der Waals surface area contributed by atoms with Crippen LogP contribution in [0, 0.1) is 0 Å². The summed E-state index contributed by atoms with van der Waals surface area (Å²) >= 11 is 0. The number of nitrogens with zero attached hydrogens (tertiary/aromatic N) is 3. The molecule has 0 spiro atoms. The summed E-state index contributed by atoms with van der Waals surface area (Å²) in [7, 11) is 23.7. The average Bonchev–Trinajstić information content (AvgIpc) is 3.23. The van der Waals surface area contributed by atoms with Gasteiger partial charge in [-0.3, -0.25) is 19.2 Å². The Morgan fingerprint density at radius 1 is 1.00 bits per heavy atom. The third-order valence-electron chi connectivity index (χ3n) is 7.13. The highest BCUT2D eigenvalue weighted by Gasteiger charge is 2.53. The molecule has 5 rings (SSSR count). The van der Waals surface area contributed by atoms with Gasteiger partial charge in [-0.1, -0.05) is 35.5 Å². The van der Waals surface area contributed by atoms with Crippen LogP contribution in [0.1, 0.15) is 27.0 Å². The SMILES string of the molecule is [B]C1C(=O)N([B])C(=O)C(N2Cc3c(OCc4ccc(CN5CCOCC5=O)cc4)cccc3C2=O)C1([B])[B]. The van der Waals surface area contributed by atoms with Crippen LogP contribution in [0.15, 0.2) is 42.5 Å². The standard InChI is InChI=1S/C25H21B4N3O6/c26-20-23(35)32(29)24(36)21(25(20,27)28)31-11-17-16(22(31)34)2-1-3-18(17)38-12-15-6-4-14(5-7-15)10-30-8-9-37-13-19(30)33/h1-7,20-21H,8-13H2. The summed E-state index contributed by atoms with van der Waals surface area (Å²) in [5.74, 6) is -3.40. The fraction of sp³-hybridized carbons (Fsp3) is 0.360. The van der Waals surface area contributed by atoms with Gasteiger partial charge in [0.1, 0.15) is 25.0 Å². The van der Waals surface area contributed by atoms with Crippen LogP contribution in [-0.4, -0.2) is 95.6 Å². The number of hydrogen-bond donors (Lipinski definition) is 0. The molecule has 3 aliphatic heterocycles. The van der Waals surface area contributed by atoms with Crippen molar-refractivity contribution >= 4 is 55.1 Å². The molecule has 3 heterocycles. The summed E-state index contributed by atoms with van der Waals surface area (Å²) in [6, 6.07) is 11.2. The number of benzene rings is 2. The van der Waals surface area contributed by atoms with Crippen LogP contribution in [0.5, 0.6) is 5.75 Å². The van der Waals surface area contributed by atoms with E-state index >= 15 is 0 Å². The van der Waals surface area contributed by atoms with Gasteiger partial charge in [-0.15, -0.1) is 0 Å². The van der Waals surface area contributed by atoms with Crippen LogP contribution >= 0.6 is 0 Å². The Hall–Kier alpha value is -3.46.